The van der Waals surface area contributed by atoms with Crippen LogP contribution in [0.3, 0.4) is 0 Å². The Morgan fingerprint density at radius 1 is 1.03 bits per heavy atom. The third kappa shape index (κ3) is 2.89. The third-order valence-electron chi connectivity index (χ3n) is 6.79. The van der Waals surface area contributed by atoms with E-state index in [1.807, 2.05) is 11.8 Å². The van der Waals surface area contributed by atoms with E-state index in [-0.39, 0.29) is 0 Å². The molecule has 0 saturated carbocycles. The van der Waals surface area contributed by atoms with E-state index in [9.17, 15) is 0 Å². The van der Waals surface area contributed by atoms with Crippen LogP contribution < -0.4 is 10.4 Å². The van der Waals surface area contributed by atoms with Crippen molar-refractivity contribution in [1.29, 1.82) is 0 Å². The molecule has 0 fully saturated rings. The minimum Gasteiger partial charge on any atom is -0.106 e. The summed E-state index contributed by atoms with van der Waals surface area (Å²) in [4.78, 5) is 1.43. The Morgan fingerprint density at radius 3 is 2.55 bits per heavy atom. The average Bonchev–Trinajstić information content (AvgIpc) is 3.28. The van der Waals surface area contributed by atoms with Crippen molar-refractivity contribution < 1.29 is 0 Å². The quantitative estimate of drug-likeness (QED) is 0.292. The molecule has 0 N–H and O–H groups in total. The maximum absolute atomic E-state index is 3.78. The summed E-state index contributed by atoms with van der Waals surface area (Å²) in [5.74, 6) is 0. The van der Waals surface area contributed by atoms with Gasteiger partial charge in [0.25, 0.3) is 0 Å². The Hall–Kier alpha value is -0.813. The zero-order valence-electron chi connectivity index (χ0n) is 17.4. The average molecular weight is 544 g/mol. The predicted octanol–water partition coefficient (Wildman–Crippen LogP) is 6.92. The van der Waals surface area contributed by atoms with Crippen molar-refractivity contribution in [3.8, 4) is 0 Å². The van der Waals surface area contributed by atoms with E-state index in [1.54, 1.807) is 5.20 Å². The van der Waals surface area contributed by atoms with Crippen LogP contribution in [0, 0.1) is 6.92 Å². The molecule has 0 bridgehead atoms. The predicted molar refractivity (Wildman–Crippen MR) is 139 cm³/mol. The summed E-state index contributed by atoms with van der Waals surface area (Å²) >= 11 is 9.49. The number of fused-ring (bicyclic) bond motifs is 3. The van der Waals surface area contributed by atoms with Crippen molar-refractivity contribution in [3.63, 3.8) is 0 Å². The first-order valence-corrected chi connectivity index (χ1v) is 15.7. The van der Waals surface area contributed by atoms with Gasteiger partial charge in [0, 0.05) is 14.9 Å². The van der Waals surface area contributed by atoms with Gasteiger partial charge < -0.3 is 0 Å². The van der Waals surface area contributed by atoms with Gasteiger partial charge >= 0.3 is 0 Å². The number of halogens is 2. The third-order valence-corrected chi connectivity index (χ3v) is 13.4. The minimum atomic E-state index is -1.83. The maximum Gasteiger partial charge on any atom is 0.0934 e. The highest BCUT2D eigenvalue weighted by Gasteiger charge is 2.43. The van der Waals surface area contributed by atoms with Crippen LogP contribution >= 0.6 is 43.6 Å². The zero-order valence-corrected chi connectivity index (χ0v) is 22.3. The van der Waals surface area contributed by atoms with Crippen LogP contribution in [0.2, 0.25) is 13.1 Å². The molecule has 29 heavy (non-hydrogen) atoms. The molecule has 1 heterocycles. The lowest BCUT2D eigenvalue weighted by Gasteiger charge is -2.34. The molecule has 2 aromatic carbocycles. The fourth-order valence-electron chi connectivity index (χ4n) is 5.77. The van der Waals surface area contributed by atoms with E-state index in [2.05, 4.69) is 108 Å². The molecular weight excluding hydrogens is 520 g/mol. The number of benzene rings is 2. The second-order valence-corrected chi connectivity index (χ2v) is 17.1. The smallest absolute Gasteiger partial charge is 0.0934 e. The summed E-state index contributed by atoms with van der Waals surface area (Å²) in [5, 5.41) is 4.56. The first-order valence-electron chi connectivity index (χ1n) is 10.1. The molecule has 0 saturated heterocycles. The standard InChI is InChI=1S/C25H24Br2SSi/c1-13-9-17-15(3)18-12-23(27)28-22(18)11-20(17)25(13)29(4,5)24-14(2)10-19-16(24)7-6-8-21(19)26/h6-12,23-24H,1-5H3. The second kappa shape index (κ2) is 6.85. The van der Waals surface area contributed by atoms with Crippen molar-refractivity contribution in [2.24, 2.45) is 0 Å². The topological polar surface area (TPSA) is 0 Å². The van der Waals surface area contributed by atoms with Gasteiger partial charge in [-0.05, 0) is 70.8 Å². The number of rotatable bonds is 2. The van der Waals surface area contributed by atoms with Gasteiger partial charge in [0.15, 0.2) is 0 Å². The van der Waals surface area contributed by atoms with Crippen LogP contribution in [0.4, 0.5) is 0 Å². The normalized spacial score (nSPS) is 22.1. The van der Waals surface area contributed by atoms with Crippen LogP contribution in [-0.4, -0.2) is 12.2 Å². The molecule has 0 nitrogen and oxygen atoms in total. The highest BCUT2D eigenvalue weighted by molar-refractivity contribution is 9.11. The van der Waals surface area contributed by atoms with Gasteiger partial charge in [0.05, 0.1) is 12.2 Å². The molecule has 2 atom stereocenters. The van der Waals surface area contributed by atoms with E-state index < -0.39 is 8.07 Å². The van der Waals surface area contributed by atoms with E-state index >= 15 is 0 Å². The Balaban J connectivity index is 1.76. The number of allylic oxidation sites excluding steroid dienone is 2. The number of alkyl halides is 1. The molecule has 0 spiro atoms. The Bertz CT molecular complexity index is 1270. The van der Waals surface area contributed by atoms with Gasteiger partial charge in [-0.2, -0.15) is 0 Å². The molecule has 0 radical (unpaired) electrons. The first kappa shape index (κ1) is 20.1. The molecule has 0 amide bonds. The van der Waals surface area contributed by atoms with Gasteiger partial charge in [0.1, 0.15) is 0 Å². The van der Waals surface area contributed by atoms with E-state index in [1.165, 1.54) is 53.2 Å². The molecule has 148 valence electrons. The molecule has 2 unspecified atom stereocenters. The molecule has 2 aliphatic carbocycles. The molecular formula is C25H24Br2SSi. The molecule has 3 aliphatic rings. The van der Waals surface area contributed by atoms with Crippen molar-refractivity contribution in [2.75, 3.05) is 0 Å². The first-order chi connectivity index (χ1) is 13.7. The summed E-state index contributed by atoms with van der Waals surface area (Å²) in [6.45, 7) is 12.1. The van der Waals surface area contributed by atoms with Gasteiger partial charge in [-0.25, -0.2) is 0 Å². The van der Waals surface area contributed by atoms with E-state index in [0.717, 1.165) is 0 Å². The Kier molecular flexibility index (Phi) is 4.75. The lowest BCUT2D eigenvalue weighted by atomic mass is 10.1. The van der Waals surface area contributed by atoms with Crippen LogP contribution in [0.5, 0.6) is 0 Å². The molecule has 0 aromatic heterocycles. The van der Waals surface area contributed by atoms with E-state index in [0.29, 0.717) is 9.70 Å². The highest BCUT2D eigenvalue weighted by Crippen LogP contribution is 2.48. The number of hydrogen-bond donors (Lipinski definition) is 0. The Labute approximate surface area is 195 Å². The van der Waals surface area contributed by atoms with Crippen LogP contribution in [0.1, 0.15) is 41.6 Å². The lowest BCUT2D eigenvalue weighted by molar-refractivity contribution is 1.08. The van der Waals surface area contributed by atoms with Crippen molar-refractivity contribution >= 4 is 75.1 Å². The Morgan fingerprint density at radius 2 is 1.79 bits per heavy atom. The van der Waals surface area contributed by atoms with Crippen molar-refractivity contribution in [2.45, 2.75) is 48.5 Å². The van der Waals surface area contributed by atoms with Crippen LogP contribution in [-0.2, 0) is 0 Å². The van der Waals surface area contributed by atoms with Crippen LogP contribution in [0.25, 0.3) is 23.4 Å². The summed E-state index contributed by atoms with van der Waals surface area (Å²) in [6, 6.07) is 9.19. The summed E-state index contributed by atoms with van der Waals surface area (Å²) < 4.78 is 1.61. The lowest BCUT2D eigenvalue weighted by Crippen LogP contribution is -2.40. The van der Waals surface area contributed by atoms with Gasteiger partial charge in [-0.15, -0.1) is 11.8 Å². The fraction of sp³-hybridized carbons (Fsp3) is 0.280. The molecule has 1 aliphatic heterocycles. The summed E-state index contributed by atoms with van der Waals surface area (Å²) in [5.41, 5.74) is 9.28. The summed E-state index contributed by atoms with van der Waals surface area (Å²) in [7, 11) is -1.83. The van der Waals surface area contributed by atoms with Gasteiger partial charge in [0.2, 0.25) is 0 Å². The SMILES string of the molecule is CC1=Cc2c(C)c3c(cc2=C1[Si](C)(C)C1C(C)=Cc2c(Br)cccc21)SC(Br)C=3. The molecule has 2 aromatic rings. The zero-order chi connectivity index (χ0) is 20.7. The summed E-state index contributed by atoms with van der Waals surface area (Å²) in [6.07, 6.45) is 7.21. The van der Waals surface area contributed by atoms with Crippen molar-refractivity contribution in [1.82, 2.24) is 0 Å². The fourth-order valence-corrected chi connectivity index (χ4v) is 12.6. The van der Waals surface area contributed by atoms with Crippen LogP contribution in [0.15, 0.2) is 44.8 Å². The monoisotopic (exact) mass is 542 g/mol. The maximum atomic E-state index is 3.78. The van der Waals surface area contributed by atoms with Gasteiger partial charge in [-0.3, -0.25) is 0 Å². The minimum absolute atomic E-state index is 0.391. The number of hydrogen-bond acceptors (Lipinski definition) is 1. The van der Waals surface area contributed by atoms with Gasteiger partial charge in [-0.1, -0.05) is 86.5 Å². The molecule has 5 rings (SSSR count). The second-order valence-electron chi connectivity index (χ2n) is 9.00. The number of thioether (sulfide) groups is 1. The highest BCUT2D eigenvalue weighted by atomic mass is 79.9. The van der Waals surface area contributed by atoms with E-state index in [4.69, 9.17) is 0 Å². The molecule has 4 heteroatoms. The largest absolute Gasteiger partial charge is 0.106 e. The van der Waals surface area contributed by atoms with Crippen molar-refractivity contribution in [3.05, 3.63) is 72.6 Å².